The minimum atomic E-state index is -0.545. The lowest BCUT2D eigenvalue weighted by Gasteiger charge is -2.08. The first-order chi connectivity index (χ1) is 12.5. The molecule has 0 aliphatic heterocycles. The van der Waals surface area contributed by atoms with Crippen LogP contribution in [0.1, 0.15) is 10.5 Å². The number of amides is 1. The van der Waals surface area contributed by atoms with Crippen molar-refractivity contribution in [1.82, 2.24) is 4.98 Å². The molecule has 0 saturated heterocycles. The monoisotopic (exact) mass is 371 g/mol. The Morgan fingerprint density at radius 3 is 2.35 bits per heavy atom. The smallest absolute Gasteiger partial charge is 0.274 e. The number of nitrogens with zero attached hydrogens (tertiary/aromatic N) is 1. The molecule has 0 aliphatic rings. The number of rotatable bonds is 5. The van der Waals surface area contributed by atoms with Crippen molar-refractivity contribution in [2.24, 2.45) is 0 Å². The van der Waals surface area contributed by atoms with E-state index in [1.807, 2.05) is 24.3 Å². The number of carbonyl (C=O) groups is 1. The fourth-order valence-corrected chi connectivity index (χ4v) is 2.39. The molecule has 3 aromatic rings. The van der Waals surface area contributed by atoms with Gasteiger partial charge in [0.15, 0.2) is 0 Å². The number of hydrogen-bond donors (Lipinski definition) is 2. The van der Waals surface area contributed by atoms with Crippen molar-refractivity contribution in [3.8, 4) is 5.75 Å². The van der Waals surface area contributed by atoms with Crippen LogP contribution >= 0.6 is 11.6 Å². The Labute approximate surface area is 154 Å². The number of ether oxygens (including phenoxy) is 1. The minimum absolute atomic E-state index is 0.0604. The second kappa shape index (κ2) is 7.84. The van der Waals surface area contributed by atoms with Gasteiger partial charge in [-0.1, -0.05) is 11.6 Å². The Balaban J connectivity index is 1.66. The third-order valence-corrected chi connectivity index (χ3v) is 3.84. The van der Waals surface area contributed by atoms with E-state index in [-0.39, 0.29) is 10.7 Å². The molecular weight excluding hydrogens is 357 g/mol. The summed E-state index contributed by atoms with van der Waals surface area (Å²) in [6.45, 7) is 0. The summed E-state index contributed by atoms with van der Waals surface area (Å²) < 4.78 is 18.3. The van der Waals surface area contributed by atoms with Crippen molar-refractivity contribution in [2.75, 3.05) is 17.7 Å². The van der Waals surface area contributed by atoms with Crippen molar-refractivity contribution in [3.63, 3.8) is 0 Å². The lowest BCUT2D eigenvalue weighted by atomic mass is 10.2. The van der Waals surface area contributed by atoms with Gasteiger partial charge in [-0.25, -0.2) is 9.37 Å². The second-order valence-corrected chi connectivity index (χ2v) is 5.78. The largest absolute Gasteiger partial charge is 0.497 e. The lowest BCUT2D eigenvalue weighted by molar-refractivity contribution is 0.102. The molecule has 0 fully saturated rings. The van der Waals surface area contributed by atoms with E-state index in [4.69, 9.17) is 16.3 Å². The van der Waals surface area contributed by atoms with Gasteiger partial charge in [0.25, 0.3) is 5.91 Å². The first-order valence-corrected chi connectivity index (χ1v) is 8.06. The van der Waals surface area contributed by atoms with Gasteiger partial charge in [0, 0.05) is 11.4 Å². The number of methoxy groups -OCH3 is 1. The Morgan fingerprint density at radius 2 is 1.73 bits per heavy atom. The summed E-state index contributed by atoms with van der Waals surface area (Å²) in [5.41, 5.74) is 2.22. The quantitative estimate of drug-likeness (QED) is 0.671. The molecule has 7 heteroatoms. The molecular formula is C19H15ClFN3O2. The predicted octanol–water partition coefficient (Wildman–Crippen LogP) is 4.88. The number of hydrogen-bond acceptors (Lipinski definition) is 4. The van der Waals surface area contributed by atoms with Crippen LogP contribution in [0.5, 0.6) is 5.75 Å². The molecule has 5 nitrogen and oxygen atoms in total. The summed E-state index contributed by atoms with van der Waals surface area (Å²) in [5.74, 6) is -0.193. The highest BCUT2D eigenvalue weighted by Gasteiger charge is 2.09. The van der Waals surface area contributed by atoms with Crippen LogP contribution in [0.2, 0.25) is 5.02 Å². The maximum absolute atomic E-state index is 13.2. The minimum Gasteiger partial charge on any atom is -0.497 e. The third-order valence-electron chi connectivity index (χ3n) is 3.55. The van der Waals surface area contributed by atoms with Crippen molar-refractivity contribution in [2.45, 2.75) is 0 Å². The second-order valence-electron chi connectivity index (χ2n) is 5.37. The van der Waals surface area contributed by atoms with Crippen molar-refractivity contribution in [1.29, 1.82) is 0 Å². The molecule has 0 aliphatic carbocycles. The molecule has 2 N–H and O–H groups in total. The van der Waals surface area contributed by atoms with E-state index >= 15 is 0 Å². The van der Waals surface area contributed by atoms with Gasteiger partial charge in [-0.05, 0) is 54.6 Å². The van der Waals surface area contributed by atoms with Gasteiger partial charge in [-0.15, -0.1) is 0 Å². The molecule has 0 atom stereocenters. The number of carbonyl (C=O) groups excluding carboxylic acids is 1. The fraction of sp³-hybridized carbons (Fsp3) is 0.0526. The topological polar surface area (TPSA) is 63.2 Å². The number of benzene rings is 2. The van der Waals surface area contributed by atoms with Crippen LogP contribution in [-0.4, -0.2) is 18.0 Å². The Kier molecular flexibility index (Phi) is 5.34. The van der Waals surface area contributed by atoms with Crippen LogP contribution in [0.15, 0.2) is 60.8 Å². The molecule has 0 unspecified atom stereocenters. The molecule has 1 aromatic heterocycles. The number of anilines is 3. The van der Waals surface area contributed by atoms with Gasteiger partial charge in [-0.3, -0.25) is 4.79 Å². The zero-order valence-corrected chi connectivity index (χ0v) is 14.5. The van der Waals surface area contributed by atoms with Gasteiger partial charge >= 0.3 is 0 Å². The van der Waals surface area contributed by atoms with Crippen molar-refractivity contribution >= 4 is 34.6 Å². The summed E-state index contributed by atoms with van der Waals surface area (Å²) >= 11 is 5.70. The molecule has 1 amide bonds. The molecule has 26 heavy (non-hydrogen) atoms. The average molecular weight is 372 g/mol. The van der Waals surface area contributed by atoms with Crippen LogP contribution in [0.3, 0.4) is 0 Å². The number of nitrogens with one attached hydrogen (secondary N) is 2. The summed E-state index contributed by atoms with van der Waals surface area (Å²) in [4.78, 5) is 16.3. The third kappa shape index (κ3) is 4.29. The summed E-state index contributed by atoms with van der Waals surface area (Å²) in [6.07, 6.45) is 1.55. The Bertz CT molecular complexity index is 915. The van der Waals surface area contributed by atoms with Crippen molar-refractivity contribution in [3.05, 3.63) is 77.3 Å². The molecule has 0 radical (unpaired) electrons. The van der Waals surface area contributed by atoms with E-state index in [1.165, 1.54) is 18.2 Å². The summed E-state index contributed by atoms with van der Waals surface area (Å²) in [6, 6.07) is 14.7. The van der Waals surface area contributed by atoms with Crippen LogP contribution < -0.4 is 15.4 Å². The van der Waals surface area contributed by atoms with E-state index in [1.54, 1.807) is 25.4 Å². The molecule has 0 spiro atoms. The number of pyridine rings is 1. The van der Waals surface area contributed by atoms with E-state index in [0.29, 0.717) is 5.69 Å². The fourth-order valence-electron chi connectivity index (χ4n) is 2.21. The zero-order valence-electron chi connectivity index (χ0n) is 13.8. The van der Waals surface area contributed by atoms with Gasteiger partial charge in [0.2, 0.25) is 0 Å². The van der Waals surface area contributed by atoms with E-state index in [2.05, 4.69) is 15.6 Å². The lowest BCUT2D eigenvalue weighted by Crippen LogP contribution is -2.13. The average Bonchev–Trinajstić information content (AvgIpc) is 2.66. The standard InChI is InChI=1S/C19H15ClFN3O2/c1-26-15-6-2-12(3-7-15)23-14-5-9-18(22-11-14)19(25)24-13-4-8-17(21)16(20)10-13/h2-11,23H,1H3,(H,24,25). The van der Waals surface area contributed by atoms with Crippen molar-refractivity contribution < 1.29 is 13.9 Å². The molecule has 0 saturated carbocycles. The predicted molar refractivity (Wildman–Crippen MR) is 99.9 cm³/mol. The zero-order chi connectivity index (χ0) is 18.5. The highest BCUT2D eigenvalue weighted by Crippen LogP contribution is 2.21. The van der Waals surface area contributed by atoms with E-state index < -0.39 is 11.7 Å². The number of aromatic nitrogens is 1. The van der Waals surface area contributed by atoms with Crippen LogP contribution in [0, 0.1) is 5.82 Å². The van der Waals surface area contributed by atoms with Gasteiger partial charge < -0.3 is 15.4 Å². The van der Waals surface area contributed by atoms with Crippen LogP contribution in [0.25, 0.3) is 0 Å². The molecule has 3 rings (SSSR count). The molecule has 132 valence electrons. The molecule has 2 aromatic carbocycles. The Morgan fingerprint density at radius 1 is 1.04 bits per heavy atom. The highest BCUT2D eigenvalue weighted by molar-refractivity contribution is 6.31. The Hall–Kier alpha value is -3.12. The summed E-state index contributed by atoms with van der Waals surface area (Å²) in [5, 5.41) is 5.74. The van der Waals surface area contributed by atoms with Gasteiger partial charge in [0.05, 0.1) is 24.0 Å². The first-order valence-electron chi connectivity index (χ1n) is 7.69. The van der Waals surface area contributed by atoms with Crippen LogP contribution in [0.4, 0.5) is 21.5 Å². The number of halogens is 2. The van der Waals surface area contributed by atoms with Crippen LogP contribution in [-0.2, 0) is 0 Å². The highest BCUT2D eigenvalue weighted by atomic mass is 35.5. The van der Waals surface area contributed by atoms with E-state index in [0.717, 1.165) is 17.1 Å². The van der Waals surface area contributed by atoms with E-state index in [9.17, 15) is 9.18 Å². The first kappa shape index (κ1) is 17.7. The maximum Gasteiger partial charge on any atom is 0.274 e. The maximum atomic E-state index is 13.2. The molecule has 0 bridgehead atoms. The van der Waals surface area contributed by atoms with Gasteiger partial charge in [0.1, 0.15) is 17.3 Å². The summed E-state index contributed by atoms with van der Waals surface area (Å²) in [7, 11) is 1.61. The normalized spacial score (nSPS) is 10.3. The van der Waals surface area contributed by atoms with Gasteiger partial charge in [-0.2, -0.15) is 0 Å². The molecule has 1 heterocycles. The SMILES string of the molecule is COc1ccc(Nc2ccc(C(=O)Nc3ccc(F)c(Cl)c3)nc2)cc1.